The molecule has 6 nitrogen and oxygen atoms in total. The number of benzene rings is 1. The zero-order chi connectivity index (χ0) is 21.2. The molecule has 2 aliphatic rings. The van der Waals surface area contributed by atoms with Gasteiger partial charge in [-0.1, -0.05) is 18.2 Å². The van der Waals surface area contributed by atoms with E-state index in [9.17, 15) is 9.18 Å². The maximum atomic E-state index is 13.2. The second-order valence-electron chi connectivity index (χ2n) is 8.22. The van der Waals surface area contributed by atoms with E-state index in [2.05, 4.69) is 14.9 Å². The van der Waals surface area contributed by atoms with Crippen molar-refractivity contribution < 1.29 is 13.9 Å². The summed E-state index contributed by atoms with van der Waals surface area (Å²) in [7, 11) is 0. The molecule has 2 fully saturated rings. The highest BCUT2D eigenvalue weighted by molar-refractivity contribution is 5.81. The zero-order valence-corrected chi connectivity index (χ0v) is 17.3. The van der Waals surface area contributed by atoms with Crippen LogP contribution in [0, 0.1) is 5.82 Å². The van der Waals surface area contributed by atoms with Gasteiger partial charge >= 0.3 is 0 Å². The molecule has 7 heteroatoms. The first kappa shape index (κ1) is 19.9. The number of piperazine rings is 1. The highest BCUT2D eigenvalue weighted by Crippen LogP contribution is 2.34. The predicted molar refractivity (Wildman–Crippen MR) is 116 cm³/mol. The molecule has 5 rings (SSSR count). The van der Waals surface area contributed by atoms with Crippen molar-refractivity contribution in [1.82, 2.24) is 14.9 Å². The smallest absolute Gasteiger partial charge is 0.225 e. The van der Waals surface area contributed by atoms with Gasteiger partial charge in [-0.15, -0.1) is 0 Å². The van der Waals surface area contributed by atoms with Gasteiger partial charge in [-0.3, -0.25) is 9.78 Å². The van der Waals surface area contributed by atoms with Gasteiger partial charge in [0.1, 0.15) is 11.6 Å². The van der Waals surface area contributed by atoms with Gasteiger partial charge in [0.15, 0.2) is 0 Å². The minimum Gasteiger partial charge on any atom is -0.376 e. The van der Waals surface area contributed by atoms with E-state index in [1.165, 1.54) is 12.3 Å². The molecule has 2 atom stereocenters. The Labute approximate surface area is 180 Å². The molecule has 0 radical (unpaired) electrons. The summed E-state index contributed by atoms with van der Waals surface area (Å²) in [6.07, 6.45) is 5.47. The van der Waals surface area contributed by atoms with E-state index in [0.29, 0.717) is 32.7 Å². The van der Waals surface area contributed by atoms with Gasteiger partial charge in [-0.25, -0.2) is 9.37 Å². The van der Waals surface area contributed by atoms with Crippen LogP contribution in [-0.2, 0) is 16.1 Å². The van der Waals surface area contributed by atoms with Crippen LogP contribution in [0.3, 0.4) is 0 Å². The molecule has 0 saturated carbocycles. The number of pyridine rings is 2. The Morgan fingerprint density at radius 1 is 1.06 bits per heavy atom. The summed E-state index contributed by atoms with van der Waals surface area (Å²) in [5.41, 5.74) is 2.03. The van der Waals surface area contributed by atoms with Crippen LogP contribution in [0.2, 0.25) is 0 Å². The van der Waals surface area contributed by atoms with Crippen molar-refractivity contribution in [1.29, 1.82) is 0 Å². The fourth-order valence-corrected chi connectivity index (χ4v) is 4.79. The molecule has 2 aliphatic heterocycles. The largest absolute Gasteiger partial charge is 0.376 e. The first-order valence-corrected chi connectivity index (χ1v) is 10.8. The van der Waals surface area contributed by atoms with Crippen LogP contribution in [0.5, 0.6) is 0 Å². The number of hydrogen-bond donors (Lipinski definition) is 0. The van der Waals surface area contributed by atoms with Crippen LogP contribution < -0.4 is 4.90 Å². The fraction of sp³-hybridized carbons (Fsp3) is 0.375. The van der Waals surface area contributed by atoms with Crippen LogP contribution in [0.4, 0.5) is 10.2 Å². The number of hydrogen-bond acceptors (Lipinski definition) is 5. The molecule has 2 saturated heterocycles. The molecule has 2 aromatic heterocycles. The molecular weight excluding hydrogens is 395 g/mol. The SMILES string of the molecule is O=C(CCOCc1cccc2ncccc12)N1C[C@H]2CC[C@@H](C1)N2c1ccc(F)cn1. The van der Waals surface area contributed by atoms with Crippen molar-refractivity contribution in [2.75, 3.05) is 24.6 Å². The summed E-state index contributed by atoms with van der Waals surface area (Å²) in [5.74, 6) is 0.599. The lowest BCUT2D eigenvalue weighted by atomic mass is 10.1. The van der Waals surface area contributed by atoms with Crippen LogP contribution in [0.15, 0.2) is 54.9 Å². The quantitative estimate of drug-likeness (QED) is 0.571. The van der Waals surface area contributed by atoms with Gasteiger partial charge in [0.2, 0.25) is 5.91 Å². The summed E-state index contributed by atoms with van der Waals surface area (Å²) in [4.78, 5) is 25.6. The molecule has 1 aromatic carbocycles. The molecule has 160 valence electrons. The monoisotopic (exact) mass is 420 g/mol. The van der Waals surface area contributed by atoms with E-state index in [1.54, 1.807) is 12.3 Å². The van der Waals surface area contributed by atoms with Gasteiger partial charge in [0.05, 0.1) is 31.3 Å². The number of ether oxygens (including phenoxy) is 1. The number of halogens is 1. The lowest BCUT2D eigenvalue weighted by Gasteiger charge is -2.41. The van der Waals surface area contributed by atoms with Crippen molar-refractivity contribution in [2.24, 2.45) is 0 Å². The maximum absolute atomic E-state index is 13.2. The maximum Gasteiger partial charge on any atom is 0.225 e. The number of aromatic nitrogens is 2. The van der Waals surface area contributed by atoms with Crippen LogP contribution in [0.1, 0.15) is 24.8 Å². The average Bonchev–Trinajstić information content (AvgIpc) is 3.06. The Kier molecular flexibility index (Phi) is 5.51. The second kappa shape index (κ2) is 8.59. The van der Waals surface area contributed by atoms with E-state index < -0.39 is 0 Å². The summed E-state index contributed by atoms with van der Waals surface area (Å²) in [5, 5.41) is 1.08. The van der Waals surface area contributed by atoms with Gasteiger partial charge in [-0.05, 0) is 42.7 Å². The van der Waals surface area contributed by atoms with Crippen molar-refractivity contribution in [3.63, 3.8) is 0 Å². The average molecular weight is 420 g/mol. The highest BCUT2D eigenvalue weighted by atomic mass is 19.1. The van der Waals surface area contributed by atoms with Crippen LogP contribution in [-0.4, -0.2) is 52.6 Å². The number of nitrogens with zero attached hydrogens (tertiary/aromatic N) is 4. The molecule has 0 unspecified atom stereocenters. The molecule has 31 heavy (non-hydrogen) atoms. The van der Waals surface area contributed by atoms with E-state index in [0.717, 1.165) is 35.1 Å². The lowest BCUT2D eigenvalue weighted by molar-refractivity contribution is -0.133. The molecule has 0 N–H and O–H groups in total. The van der Waals surface area contributed by atoms with Crippen LogP contribution in [0.25, 0.3) is 10.9 Å². The van der Waals surface area contributed by atoms with E-state index in [1.807, 2.05) is 35.2 Å². The number of carbonyl (C=O) groups is 1. The number of anilines is 1. The lowest BCUT2D eigenvalue weighted by Crippen LogP contribution is -2.55. The Balaban J connectivity index is 1.14. The molecule has 3 aromatic rings. The number of fused-ring (bicyclic) bond motifs is 3. The van der Waals surface area contributed by atoms with Gasteiger partial charge in [0.25, 0.3) is 0 Å². The van der Waals surface area contributed by atoms with Crippen molar-refractivity contribution in [3.8, 4) is 0 Å². The third-order valence-corrected chi connectivity index (χ3v) is 6.27. The Bertz CT molecular complexity index is 1060. The van der Waals surface area contributed by atoms with Gasteiger partial charge in [-0.2, -0.15) is 0 Å². The van der Waals surface area contributed by atoms with E-state index >= 15 is 0 Å². The number of likely N-dealkylation sites (tertiary alicyclic amines) is 1. The summed E-state index contributed by atoms with van der Waals surface area (Å²) >= 11 is 0. The third kappa shape index (κ3) is 4.10. The number of amides is 1. The Hall–Kier alpha value is -3.06. The van der Waals surface area contributed by atoms with Crippen molar-refractivity contribution in [3.05, 3.63) is 66.2 Å². The standard InChI is InChI=1S/C24H25FN4O2/c25-18-6-9-23(27-13-18)29-19-7-8-20(29)15-28(14-19)24(30)10-12-31-16-17-3-1-5-22-21(17)4-2-11-26-22/h1-6,9,11,13,19-20H,7-8,10,12,14-16H2/t19-,20+. The Morgan fingerprint density at radius 2 is 1.90 bits per heavy atom. The first-order valence-electron chi connectivity index (χ1n) is 10.8. The summed E-state index contributed by atoms with van der Waals surface area (Å²) in [6.45, 7) is 2.23. The molecule has 0 aliphatic carbocycles. The van der Waals surface area contributed by atoms with Crippen LogP contribution >= 0.6 is 0 Å². The van der Waals surface area contributed by atoms with E-state index in [4.69, 9.17) is 4.74 Å². The molecule has 0 spiro atoms. The topological polar surface area (TPSA) is 58.6 Å². The minimum absolute atomic E-state index is 0.128. The third-order valence-electron chi connectivity index (χ3n) is 6.27. The normalized spacial score (nSPS) is 20.4. The van der Waals surface area contributed by atoms with Gasteiger partial charge in [0, 0.05) is 36.8 Å². The first-order chi connectivity index (χ1) is 15.2. The zero-order valence-electron chi connectivity index (χ0n) is 17.3. The number of rotatable bonds is 6. The molecule has 2 bridgehead atoms. The number of carbonyl (C=O) groups excluding carboxylic acids is 1. The van der Waals surface area contributed by atoms with Crippen molar-refractivity contribution >= 4 is 22.6 Å². The molecule has 4 heterocycles. The summed E-state index contributed by atoms with van der Waals surface area (Å²) in [6, 6.07) is 13.6. The fourth-order valence-electron chi connectivity index (χ4n) is 4.79. The Morgan fingerprint density at radius 3 is 2.68 bits per heavy atom. The van der Waals surface area contributed by atoms with Gasteiger partial charge < -0.3 is 14.5 Å². The summed E-state index contributed by atoms with van der Waals surface area (Å²) < 4.78 is 19.0. The minimum atomic E-state index is -0.329. The van der Waals surface area contributed by atoms with E-state index in [-0.39, 0.29) is 23.8 Å². The second-order valence-corrected chi connectivity index (χ2v) is 8.22. The van der Waals surface area contributed by atoms with Crippen molar-refractivity contribution in [2.45, 2.75) is 38.0 Å². The molecule has 1 amide bonds. The highest BCUT2D eigenvalue weighted by Gasteiger charge is 2.41. The molecular formula is C24H25FN4O2. The predicted octanol–water partition coefficient (Wildman–Crippen LogP) is 3.56.